The van der Waals surface area contributed by atoms with E-state index in [-0.39, 0.29) is 6.42 Å². The summed E-state index contributed by atoms with van der Waals surface area (Å²) in [5.41, 5.74) is 2.07. The molecule has 100 valence electrons. The molecule has 0 aliphatic carbocycles. The third-order valence-corrected chi connectivity index (χ3v) is 3.47. The Kier molecular flexibility index (Phi) is 5.35. The quantitative estimate of drug-likeness (QED) is 0.842. The van der Waals surface area contributed by atoms with Crippen LogP contribution in [-0.4, -0.2) is 29.1 Å². The van der Waals surface area contributed by atoms with Gasteiger partial charge < -0.3 is 5.11 Å². The average Bonchev–Trinajstić information content (AvgIpc) is 2.29. The van der Waals surface area contributed by atoms with Gasteiger partial charge in [0.15, 0.2) is 0 Å². The van der Waals surface area contributed by atoms with Gasteiger partial charge in [0.1, 0.15) is 0 Å². The van der Waals surface area contributed by atoms with E-state index in [1.54, 1.807) is 0 Å². The van der Waals surface area contributed by atoms with Crippen LogP contribution in [0, 0.1) is 5.92 Å². The zero-order valence-corrected chi connectivity index (χ0v) is 11.7. The largest absolute Gasteiger partial charge is 0.481 e. The molecule has 0 saturated carbocycles. The molecule has 3 heteroatoms. The van der Waals surface area contributed by atoms with E-state index >= 15 is 0 Å². The van der Waals surface area contributed by atoms with Gasteiger partial charge in [-0.05, 0) is 31.0 Å². The van der Waals surface area contributed by atoms with Gasteiger partial charge in [-0.15, -0.1) is 0 Å². The van der Waals surface area contributed by atoms with E-state index in [2.05, 4.69) is 32.7 Å². The number of nitrogens with zero attached hydrogens (tertiary/aromatic N) is 1. The predicted molar refractivity (Wildman–Crippen MR) is 73.5 cm³/mol. The maximum absolute atomic E-state index is 10.6. The van der Waals surface area contributed by atoms with Crippen molar-refractivity contribution in [1.82, 2.24) is 4.90 Å². The van der Waals surface area contributed by atoms with Gasteiger partial charge in [0, 0.05) is 12.6 Å². The molecular weight excluding hydrogens is 226 g/mol. The van der Waals surface area contributed by atoms with Crippen molar-refractivity contribution in [3.63, 3.8) is 0 Å². The number of hydrogen-bond acceptors (Lipinski definition) is 2. The summed E-state index contributed by atoms with van der Waals surface area (Å²) < 4.78 is 0. The molecule has 0 aliphatic rings. The van der Waals surface area contributed by atoms with Gasteiger partial charge in [-0.2, -0.15) is 0 Å². The number of carboxylic acid groups (broad SMARTS) is 1. The third-order valence-electron chi connectivity index (χ3n) is 3.47. The second kappa shape index (κ2) is 6.55. The lowest BCUT2D eigenvalue weighted by Gasteiger charge is -2.27. The lowest BCUT2D eigenvalue weighted by atomic mass is 10.0. The van der Waals surface area contributed by atoms with Gasteiger partial charge in [0.25, 0.3) is 0 Å². The van der Waals surface area contributed by atoms with Crippen LogP contribution in [-0.2, 0) is 17.8 Å². The molecule has 0 amide bonds. The molecule has 0 saturated heterocycles. The molecule has 1 aromatic carbocycles. The SMILES string of the molecule is CC(C)C(C)N(C)Cc1ccc(CC(=O)O)cc1. The first kappa shape index (κ1) is 14.7. The van der Waals surface area contributed by atoms with Crippen LogP contribution in [0.15, 0.2) is 24.3 Å². The number of rotatable bonds is 6. The number of aliphatic carboxylic acids is 1. The normalized spacial score (nSPS) is 13.0. The van der Waals surface area contributed by atoms with Gasteiger partial charge in [-0.1, -0.05) is 38.1 Å². The Balaban J connectivity index is 2.60. The maximum atomic E-state index is 10.6. The molecule has 0 aliphatic heterocycles. The Morgan fingerprint density at radius 1 is 1.17 bits per heavy atom. The highest BCUT2D eigenvalue weighted by atomic mass is 16.4. The molecule has 18 heavy (non-hydrogen) atoms. The van der Waals surface area contributed by atoms with Gasteiger partial charge in [0.2, 0.25) is 0 Å². The molecular formula is C15H23NO2. The molecule has 0 aromatic heterocycles. The van der Waals surface area contributed by atoms with E-state index in [1.165, 1.54) is 5.56 Å². The monoisotopic (exact) mass is 249 g/mol. The van der Waals surface area contributed by atoms with Crippen LogP contribution >= 0.6 is 0 Å². The molecule has 0 spiro atoms. The van der Waals surface area contributed by atoms with Crippen molar-refractivity contribution in [1.29, 1.82) is 0 Å². The number of benzene rings is 1. The number of carboxylic acids is 1. The molecule has 0 bridgehead atoms. The minimum Gasteiger partial charge on any atom is -0.481 e. The summed E-state index contributed by atoms with van der Waals surface area (Å²) in [6.07, 6.45) is 0.0958. The Hall–Kier alpha value is -1.35. The fraction of sp³-hybridized carbons (Fsp3) is 0.533. The molecule has 1 aromatic rings. The third kappa shape index (κ3) is 4.49. The van der Waals surface area contributed by atoms with E-state index in [1.807, 2.05) is 24.3 Å². The molecule has 1 rings (SSSR count). The fourth-order valence-electron chi connectivity index (χ4n) is 1.88. The standard InChI is InChI=1S/C15H23NO2/c1-11(2)12(3)16(4)10-14-7-5-13(6-8-14)9-15(17)18/h5-8,11-12H,9-10H2,1-4H3,(H,17,18). The van der Waals surface area contributed by atoms with Crippen molar-refractivity contribution in [3.8, 4) is 0 Å². The maximum Gasteiger partial charge on any atom is 0.307 e. The highest BCUT2D eigenvalue weighted by Gasteiger charge is 2.13. The van der Waals surface area contributed by atoms with Crippen molar-refractivity contribution in [2.75, 3.05) is 7.05 Å². The highest BCUT2D eigenvalue weighted by Crippen LogP contribution is 2.13. The summed E-state index contributed by atoms with van der Waals surface area (Å²) in [6.45, 7) is 7.56. The minimum absolute atomic E-state index is 0.0958. The second-order valence-electron chi connectivity index (χ2n) is 5.29. The van der Waals surface area contributed by atoms with Crippen LogP contribution < -0.4 is 0 Å². The van der Waals surface area contributed by atoms with Gasteiger partial charge in [0.05, 0.1) is 6.42 Å². The summed E-state index contributed by atoms with van der Waals surface area (Å²) in [5.74, 6) is -0.158. The van der Waals surface area contributed by atoms with E-state index in [4.69, 9.17) is 5.11 Å². The first-order valence-corrected chi connectivity index (χ1v) is 6.40. The molecule has 0 heterocycles. The van der Waals surface area contributed by atoms with Gasteiger partial charge in [-0.25, -0.2) is 0 Å². The molecule has 0 radical (unpaired) electrons. The summed E-state index contributed by atoms with van der Waals surface area (Å²) >= 11 is 0. The van der Waals surface area contributed by atoms with E-state index < -0.39 is 5.97 Å². The van der Waals surface area contributed by atoms with Crippen LogP contribution in [0.4, 0.5) is 0 Å². The number of carbonyl (C=O) groups is 1. The Morgan fingerprint density at radius 3 is 2.11 bits per heavy atom. The van der Waals surface area contributed by atoms with E-state index in [0.717, 1.165) is 12.1 Å². The van der Waals surface area contributed by atoms with Crippen LogP contribution in [0.3, 0.4) is 0 Å². The first-order valence-electron chi connectivity index (χ1n) is 6.40. The predicted octanol–water partition coefficient (Wildman–Crippen LogP) is 2.79. The molecule has 0 fully saturated rings. The van der Waals surface area contributed by atoms with Crippen LogP contribution in [0.2, 0.25) is 0 Å². The molecule has 1 atom stereocenters. The van der Waals surface area contributed by atoms with Crippen molar-refractivity contribution in [2.24, 2.45) is 5.92 Å². The van der Waals surface area contributed by atoms with E-state index in [9.17, 15) is 4.79 Å². The summed E-state index contributed by atoms with van der Waals surface area (Å²) in [7, 11) is 2.12. The highest BCUT2D eigenvalue weighted by molar-refractivity contribution is 5.70. The lowest BCUT2D eigenvalue weighted by molar-refractivity contribution is -0.136. The summed E-state index contributed by atoms with van der Waals surface area (Å²) in [6, 6.07) is 8.36. The lowest BCUT2D eigenvalue weighted by Crippen LogP contribution is -2.32. The molecule has 1 N–H and O–H groups in total. The van der Waals surface area contributed by atoms with Crippen molar-refractivity contribution >= 4 is 5.97 Å². The zero-order valence-electron chi connectivity index (χ0n) is 11.7. The van der Waals surface area contributed by atoms with Gasteiger partial charge >= 0.3 is 5.97 Å². The first-order chi connectivity index (χ1) is 8.40. The summed E-state index contributed by atoms with van der Waals surface area (Å²) in [4.78, 5) is 12.9. The van der Waals surface area contributed by atoms with E-state index in [0.29, 0.717) is 12.0 Å². The smallest absolute Gasteiger partial charge is 0.307 e. The van der Waals surface area contributed by atoms with Crippen molar-refractivity contribution in [2.45, 2.75) is 39.8 Å². The van der Waals surface area contributed by atoms with Crippen LogP contribution in [0.5, 0.6) is 0 Å². The average molecular weight is 249 g/mol. The fourth-order valence-corrected chi connectivity index (χ4v) is 1.88. The second-order valence-corrected chi connectivity index (χ2v) is 5.29. The van der Waals surface area contributed by atoms with Gasteiger partial charge in [-0.3, -0.25) is 9.69 Å². The number of hydrogen-bond donors (Lipinski definition) is 1. The van der Waals surface area contributed by atoms with Crippen molar-refractivity contribution in [3.05, 3.63) is 35.4 Å². The topological polar surface area (TPSA) is 40.5 Å². The minimum atomic E-state index is -0.784. The summed E-state index contributed by atoms with van der Waals surface area (Å²) in [5, 5.41) is 8.71. The zero-order chi connectivity index (χ0) is 13.7. The van der Waals surface area contributed by atoms with Crippen molar-refractivity contribution < 1.29 is 9.90 Å². The van der Waals surface area contributed by atoms with Crippen LogP contribution in [0.25, 0.3) is 0 Å². The Bertz CT molecular complexity index is 384. The van der Waals surface area contributed by atoms with Crippen LogP contribution in [0.1, 0.15) is 31.9 Å². The molecule has 1 unspecified atom stereocenters. The molecule has 3 nitrogen and oxygen atoms in total. The Morgan fingerprint density at radius 2 is 1.67 bits per heavy atom. The Labute approximate surface area is 109 Å².